The monoisotopic (exact) mass is 267 g/mol. The summed E-state index contributed by atoms with van der Waals surface area (Å²) < 4.78 is 28.5. The smallest absolute Gasteiger partial charge is 0.126 e. The summed E-state index contributed by atoms with van der Waals surface area (Å²) in [4.78, 5) is 0.394. The Morgan fingerprint density at radius 2 is 1.78 bits per heavy atom. The number of ether oxygens (including phenoxy) is 1. The molecule has 0 radical (unpaired) electrons. The maximum Gasteiger partial charge on any atom is 0.126 e. The van der Waals surface area contributed by atoms with Gasteiger partial charge in [-0.05, 0) is 55.0 Å². The molecule has 0 aromatic heterocycles. The third-order valence-electron chi connectivity index (χ3n) is 3.74. The first kappa shape index (κ1) is 13.6. The maximum absolute atomic E-state index is 11.4. The Morgan fingerprint density at radius 1 is 1.17 bits per heavy atom. The van der Waals surface area contributed by atoms with Crippen molar-refractivity contribution >= 4 is 11.1 Å². The second-order valence-electron chi connectivity index (χ2n) is 5.88. The van der Waals surface area contributed by atoms with E-state index in [1.807, 2.05) is 20.8 Å². The summed E-state index contributed by atoms with van der Waals surface area (Å²) in [6.45, 7) is 10.6. The number of fused-ring (bicyclic) bond motifs is 1. The van der Waals surface area contributed by atoms with E-state index in [0.29, 0.717) is 11.5 Å². The van der Waals surface area contributed by atoms with Gasteiger partial charge in [0.2, 0.25) is 0 Å². The van der Waals surface area contributed by atoms with E-state index in [2.05, 4.69) is 13.8 Å². The number of benzene rings is 1. The van der Waals surface area contributed by atoms with Crippen LogP contribution in [0.15, 0.2) is 4.90 Å². The van der Waals surface area contributed by atoms with E-state index in [-0.39, 0.29) is 5.41 Å². The predicted octanol–water partition coefficient (Wildman–Crippen LogP) is 2.81. The molecule has 0 saturated carbocycles. The Bertz CT molecular complexity index is 533. The fourth-order valence-electron chi connectivity index (χ4n) is 2.63. The van der Waals surface area contributed by atoms with Gasteiger partial charge < -0.3 is 9.29 Å². The van der Waals surface area contributed by atoms with E-state index >= 15 is 0 Å². The van der Waals surface area contributed by atoms with E-state index in [1.165, 1.54) is 0 Å². The Hall–Kier alpha value is -0.870. The van der Waals surface area contributed by atoms with Crippen molar-refractivity contribution in [2.45, 2.75) is 45.9 Å². The highest BCUT2D eigenvalue weighted by molar-refractivity contribution is 7.79. The minimum absolute atomic E-state index is 0.106. The lowest BCUT2D eigenvalue weighted by atomic mass is 9.81. The van der Waals surface area contributed by atoms with Crippen molar-refractivity contribution in [1.82, 2.24) is 0 Å². The van der Waals surface area contributed by atoms with Crippen molar-refractivity contribution in [2.24, 2.45) is 5.41 Å². The van der Waals surface area contributed by atoms with Crippen LogP contribution >= 0.6 is 0 Å². The van der Waals surface area contributed by atoms with E-state index in [4.69, 9.17) is 4.74 Å². The van der Waals surface area contributed by atoms with E-state index in [9.17, 15) is 8.76 Å². The van der Waals surface area contributed by atoms with Gasteiger partial charge in [-0.2, -0.15) is 0 Å². The molecule has 2 rings (SSSR count). The summed E-state index contributed by atoms with van der Waals surface area (Å²) in [5, 5.41) is 0. The number of rotatable bonds is 1. The first-order chi connectivity index (χ1) is 8.24. The zero-order chi connectivity index (χ0) is 13.7. The summed E-state index contributed by atoms with van der Waals surface area (Å²) in [5.41, 5.74) is 3.91. The topological polar surface area (TPSA) is 49.4 Å². The first-order valence-corrected chi connectivity index (χ1v) is 7.17. The van der Waals surface area contributed by atoms with Crippen molar-refractivity contribution in [3.05, 3.63) is 22.3 Å². The van der Waals surface area contributed by atoms with Crippen LogP contribution in [0.1, 0.15) is 36.1 Å². The Labute approximate surface area is 111 Å². The largest absolute Gasteiger partial charge is 0.768 e. The van der Waals surface area contributed by atoms with E-state index in [1.54, 1.807) is 0 Å². The zero-order valence-corrected chi connectivity index (χ0v) is 12.4. The van der Waals surface area contributed by atoms with Gasteiger partial charge in [0, 0.05) is 15.9 Å². The summed E-state index contributed by atoms with van der Waals surface area (Å²) in [5.74, 6) is 0.775. The van der Waals surface area contributed by atoms with Crippen LogP contribution in [0.2, 0.25) is 0 Å². The Kier molecular flexibility index (Phi) is 3.28. The van der Waals surface area contributed by atoms with Gasteiger partial charge in [-0.25, -0.2) is 0 Å². The molecule has 1 aromatic carbocycles. The van der Waals surface area contributed by atoms with Crippen molar-refractivity contribution in [1.29, 1.82) is 0 Å². The van der Waals surface area contributed by atoms with Gasteiger partial charge in [0.05, 0.1) is 6.61 Å². The molecule has 18 heavy (non-hydrogen) atoms. The van der Waals surface area contributed by atoms with Crippen molar-refractivity contribution in [3.63, 3.8) is 0 Å². The zero-order valence-electron chi connectivity index (χ0n) is 11.5. The van der Waals surface area contributed by atoms with Gasteiger partial charge in [-0.1, -0.05) is 13.8 Å². The summed E-state index contributed by atoms with van der Waals surface area (Å²) in [6, 6.07) is 0. The third kappa shape index (κ3) is 2.08. The molecule has 4 heteroatoms. The molecular formula is C14H19O3S-. The lowest BCUT2D eigenvalue weighted by molar-refractivity contribution is 0.153. The molecule has 3 nitrogen and oxygen atoms in total. The van der Waals surface area contributed by atoms with Gasteiger partial charge in [0.1, 0.15) is 5.75 Å². The predicted molar refractivity (Wildman–Crippen MR) is 70.8 cm³/mol. The first-order valence-electron chi connectivity index (χ1n) is 6.09. The summed E-state index contributed by atoms with van der Waals surface area (Å²) in [7, 11) is 0. The molecule has 1 aliphatic heterocycles. The normalized spacial score (nSPS) is 19.0. The van der Waals surface area contributed by atoms with Gasteiger partial charge >= 0.3 is 0 Å². The fraction of sp³-hybridized carbons (Fsp3) is 0.571. The highest BCUT2D eigenvalue weighted by Crippen LogP contribution is 2.41. The van der Waals surface area contributed by atoms with Crippen LogP contribution < -0.4 is 4.74 Å². The molecule has 1 aromatic rings. The SMILES string of the molecule is Cc1c(C)c(S(=O)[O-])c(C)c2c1CC(C)(C)CO2. The van der Waals surface area contributed by atoms with Gasteiger partial charge in [0.25, 0.3) is 0 Å². The van der Waals surface area contributed by atoms with Crippen LogP contribution in [-0.2, 0) is 17.5 Å². The summed E-state index contributed by atoms with van der Waals surface area (Å²) in [6.07, 6.45) is 0.932. The minimum atomic E-state index is -2.21. The highest BCUT2D eigenvalue weighted by Gasteiger charge is 2.30. The lowest BCUT2D eigenvalue weighted by Crippen LogP contribution is -2.30. The second kappa shape index (κ2) is 4.35. The Morgan fingerprint density at radius 3 is 2.33 bits per heavy atom. The molecule has 1 atom stereocenters. The number of hydrogen-bond donors (Lipinski definition) is 0. The highest BCUT2D eigenvalue weighted by atomic mass is 32.2. The van der Waals surface area contributed by atoms with Crippen LogP contribution in [0.25, 0.3) is 0 Å². The second-order valence-corrected chi connectivity index (χ2v) is 6.75. The van der Waals surface area contributed by atoms with Crippen LogP contribution in [-0.4, -0.2) is 15.4 Å². The molecule has 0 saturated heterocycles. The molecule has 0 spiro atoms. The molecular weight excluding hydrogens is 248 g/mol. The standard InChI is InChI=1S/C14H20O3S/c1-8-9(2)13(18(15)16)10(3)12-11(8)6-14(4,5)7-17-12/h6-7H2,1-5H3,(H,15,16)/p-1. The average Bonchev–Trinajstić information content (AvgIpc) is 2.24. The molecule has 1 heterocycles. The molecule has 0 bridgehead atoms. The van der Waals surface area contributed by atoms with Gasteiger partial charge in [-0.3, -0.25) is 4.21 Å². The van der Waals surface area contributed by atoms with E-state index in [0.717, 1.165) is 34.4 Å². The third-order valence-corrected chi connectivity index (χ3v) is 4.69. The molecule has 0 fully saturated rings. The molecule has 0 aliphatic carbocycles. The van der Waals surface area contributed by atoms with Crippen molar-refractivity contribution < 1.29 is 13.5 Å². The van der Waals surface area contributed by atoms with Crippen molar-refractivity contribution in [3.8, 4) is 5.75 Å². The maximum atomic E-state index is 11.4. The molecule has 1 unspecified atom stereocenters. The lowest BCUT2D eigenvalue weighted by Gasteiger charge is -2.35. The van der Waals surface area contributed by atoms with Crippen LogP contribution in [0.4, 0.5) is 0 Å². The van der Waals surface area contributed by atoms with Gasteiger partial charge in [-0.15, -0.1) is 0 Å². The van der Waals surface area contributed by atoms with Crippen LogP contribution in [0, 0.1) is 26.2 Å². The van der Waals surface area contributed by atoms with E-state index < -0.39 is 11.1 Å². The van der Waals surface area contributed by atoms with Crippen LogP contribution in [0.3, 0.4) is 0 Å². The van der Waals surface area contributed by atoms with Crippen molar-refractivity contribution in [2.75, 3.05) is 6.61 Å². The molecule has 0 N–H and O–H groups in total. The molecule has 0 amide bonds. The quantitative estimate of drug-likeness (QED) is 0.735. The average molecular weight is 267 g/mol. The summed E-state index contributed by atoms with van der Waals surface area (Å²) >= 11 is -2.21. The minimum Gasteiger partial charge on any atom is -0.768 e. The van der Waals surface area contributed by atoms with Gasteiger partial charge in [0.15, 0.2) is 0 Å². The molecule has 1 aliphatic rings. The van der Waals surface area contributed by atoms with Crippen LogP contribution in [0.5, 0.6) is 5.75 Å². The molecule has 100 valence electrons. The number of hydrogen-bond acceptors (Lipinski definition) is 3. The fourth-order valence-corrected chi connectivity index (χ4v) is 3.38. The Balaban J connectivity index is 2.70.